The Balaban J connectivity index is 2.67. The van der Waals surface area contributed by atoms with Crippen LogP contribution in [0.1, 0.15) is 12.5 Å². The van der Waals surface area contributed by atoms with Crippen molar-refractivity contribution < 1.29 is 9.90 Å². The van der Waals surface area contributed by atoms with Gasteiger partial charge in [-0.05, 0) is 24.6 Å². The fourth-order valence-corrected chi connectivity index (χ4v) is 1.67. The Morgan fingerprint density at radius 3 is 2.76 bits per heavy atom. The first kappa shape index (κ1) is 13.4. The normalized spacial score (nSPS) is 9.94. The molecule has 4 nitrogen and oxygen atoms in total. The van der Waals surface area contributed by atoms with E-state index in [9.17, 15) is 9.90 Å². The number of amides is 1. The molecular weight excluding hydrogens is 236 g/mol. The molecule has 1 amide bonds. The molecule has 5 heteroatoms. The van der Waals surface area contributed by atoms with E-state index in [1.807, 2.05) is 6.92 Å². The summed E-state index contributed by atoms with van der Waals surface area (Å²) in [6.45, 7) is 2.73. The molecule has 0 bridgehead atoms. The molecule has 0 aliphatic heterocycles. The van der Waals surface area contributed by atoms with Gasteiger partial charge in [-0.3, -0.25) is 4.79 Å². The second-order valence-corrected chi connectivity index (χ2v) is 4.25. The fraction of sp³-hybridized carbons (Fsp3) is 0.333. The average molecular weight is 252 g/mol. The highest BCUT2D eigenvalue weighted by molar-refractivity contribution is 7.80. The van der Waals surface area contributed by atoms with Gasteiger partial charge in [0.2, 0.25) is 5.91 Å². The van der Waals surface area contributed by atoms with Gasteiger partial charge in [0.15, 0.2) is 0 Å². The van der Waals surface area contributed by atoms with Crippen LogP contribution >= 0.6 is 12.2 Å². The third-order valence-corrected chi connectivity index (χ3v) is 2.48. The average Bonchev–Trinajstić information content (AvgIpc) is 2.25. The molecule has 0 saturated carbocycles. The third kappa shape index (κ3) is 4.40. The summed E-state index contributed by atoms with van der Waals surface area (Å²) in [7, 11) is 0. The molecule has 0 saturated heterocycles. The smallest absolute Gasteiger partial charge is 0.227 e. The highest BCUT2D eigenvalue weighted by Crippen LogP contribution is 2.12. The summed E-state index contributed by atoms with van der Waals surface area (Å²) in [5, 5.41) is 9.30. The van der Waals surface area contributed by atoms with Crippen molar-refractivity contribution in [2.24, 2.45) is 5.73 Å². The van der Waals surface area contributed by atoms with Crippen molar-refractivity contribution in [3.63, 3.8) is 0 Å². The minimum Gasteiger partial charge on any atom is -0.508 e. The first-order valence-corrected chi connectivity index (χ1v) is 5.77. The zero-order chi connectivity index (χ0) is 12.8. The van der Waals surface area contributed by atoms with Crippen LogP contribution in [0.3, 0.4) is 0 Å². The Kier molecular flexibility index (Phi) is 4.90. The van der Waals surface area contributed by atoms with Gasteiger partial charge < -0.3 is 15.7 Å². The summed E-state index contributed by atoms with van der Waals surface area (Å²) in [6, 6.07) is 6.65. The zero-order valence-corrected chi connectivity index (χ0v) is 10.5. The van der Waals surface area contributed by atoms with Gasteiger partial charge in [-0.2, -0.15) is 0 Å². The number of thiocarbonyl (C=S) groups is 1. The number of hydrogen-bond acceptors (Lipinski definition) is 3. The number of carbonyl (C=O) groups is 1. The number of nitrogens with zero attached hydrogens (tertiary/aromatic N) is 1. The molecule has 1 aromatic carbocycles. The largest absolute Gasteiger partial charge is 0.508 e. The van der Waals surface area contributed by atoms with E-state index in [-0.39, 0.29) is 18.1 Å². The second kappa shape index (κ2) is 6.20. The molecule has 3 N–H and O–H groups in total. The first-order chi connectivity index (χ1) is 8.02. The van der Waals surface area contributed by atoms with Gasteiger partial charge in [-0.1, -0.05) is 24.4 Å². The molecule has 1 aromatic rings. The van der Waals surface area contributed by atoms with Crippen LogP contribution in [0.4, 0.5) is 0 Å². The second-order valence-electron chi connectivity index (χ2n) is 3.72. The molecule has 0 radical (unpaired) electrons. The number of phenolic OH excluding ortho intramolecular Hbond substituents is 1. The molecule has 0 unspecified atom stereocenters. The minimum absolute atomic E-state index is 0.0501. The van der Waals surface area contributed by atoms with Gasteiger partial charge in [-0.15, -0.1) is 0 Å². The fourth-order valence-electron chi connectivity index (χ4n) is 1.52. The first-order valence-electron chi connectivity index (χ1n) is 5.37. The number of aromatic hydroxyl groups is 1. The molecular formula is C12H16N2O2S. The number of nitrogens with two attached hydrogens (primary N) is 1. The number of likely N-dealkylation sites (N-methyl/N-ethyl adjacent to an activating group) is 1. The number of rotatable bonds is 5. The Hall–Kier alpha value is -1.62. The SMILES string of the molecule is CCN(CC(N)=S)C(=O)Cc1cccc(O)c1. The molecule has 17 heavy (non-hydrogen) atoms. The quantitative estimate of drug-likeness (QED) is 0.769. The number of phenols is 1. The van der Waals surface area contributed by atoms with E-state index in [0.29, 0.717) is 18.1 Å². The maximum atomic E-state index is 11.9. The van der Waals surface area contributed by atoms with Crippen LogP contribution < -0.4 is 5.73 Å². The van der Waals surface area contributed by atoms with Crippen LogP contribution in [0.5, 0.6) is 5.75 Å². The van der Waals surface area contributed by atoms with Crippen LogP contribution in [-0.4, -0.2) is 34.0 Å². The van der Waals surface area contributed by atoms with Crippen molar-refractivity contribution in [1.82, 2.24) is 4.90 Å². The number of hydrogen-bond donors (Lipinski definition) is 2. The summed E-state index contributed by atoms with van der Waals surface area (Å²) >= 11 is 4.79. The lowest BCUT2D eigenvalue weighted by molar-refractivity contribution is -0.129. The standard InChI is InChI=1S/C12H16N2O2S/c1-2-14(8-11(13)17)12(16)7-9-4-3-5-10(15)6-9/h3-6,15H,2,7-8H2,1H3,(H2,13,17). The molecule has 0 fully saturated rings. The van der Waals surface area contributed by atoms with Crippen LogP contribution in [0, 0.1) is 0 Å². The van der Waals surface area contributed by atoms with Crippen LogP contribution in [-0.2, 0) is 11.2 Å². The van der Waals surface area contributed by atoms with E-state index in [1.54, 1.807) is 29.2 Å². The van der Waals surface area contributed by atoms with Crippen molar-refractivity contribution in [2.45, 2.75) is 13.3 Å². The topological polar surface area (TPSA) is 66.6 Å². The molecule has 0 aromatic heterocycles. The Labute approximate surface area is 106 Å². The van der Waals surface area contributed by atoms with Crippen molar-refractivity contribution >= 4 is 23.1 Å². The molecule has 1 rings (SSSR count). The highest BCUT2D eigenvalue weighted by atomic mass is 32.1. The number of carbonyl (C=O) groups excluding carboxylic acids is 1. The highest BCUT2D eigenvalue weighted by Gasteiger charge is 2.13. The van der Waals surface area contributed by atoms with E-state index >= 15 is 0 Å². The zero-order valence-electron chi connectivity index (χ0n) is 9.72. The van der Waals surface area contributed by atoms with E-state index < -0.39 is 0 Å². The van der Waals surface area contributed by atoms with Crippen molar-refractivity contribution in [3.8, 4) is 5.75 Å². The van der Waals surface area contributed by atoms with Gasteiger partial charge in [0.25, 0.3) is 0 Å². The molecule has 0 heterocycles. The summed E-state index contributed by atoms with van der Waals surface area (Å²) in [6.07, 6.45) is 0.241. The maximum absolute atomic E-state index is 11.9. The summed E-state index contributed by atoms with van der Waals surface area (Å²) < 4.78 is 0. The molecule has 0 atom stereocenters. The van der Waals surface area contributed by atoms with Crippen molar-refractivity contribution in [2.75, 3.05) is 13.1 Å². The Morgan fingerprint density at radius 1 is 1.53 bits per heavy atom. The van der Waals surface area contributed by atoms with Crippen molar-refractivity contribution in [1.29, 1.82) is 0 Å². The lowest BCUT2D eigenvalue weighted by Crippen LogP contribution is -2.38. The molecule has 0 aliphatic rings. The Morgan fingerprint density at radius 2 is 2.24 bits per heavy atom. The van der Waals surface area contributed by atoms with Crippen LogP contribution in [0.2, 0.25) is 0 Å². The Bertz CT molecular complexity index is 421. The van der Waals surface area contributed by atoms with E-state index in [0.717, 1.165) is 5.56 Å². The monoisotopic (exact) mass is 252 g/mol. The van der Waals surface area contributed by atoms with E-state index in [2.05, 4.69) is 0 Å². The van der Waals surface area contributed by atoms with Gasteiger partial charge in [0.05, 0.1) is 18.0 Å². The summed E-state index contributed by atoms with van der Waals surface area (Å²) in [5.41, 5.74) is 6.20. The maximum Gasteiger partial charge on any atom is 0.227 e. The molecule has 0 spiro atoms. The van der Waals surface area contributed by atoms with Crippen LogP contribution in [0.25, 0.3) is 0 Å². The minimum atomic E-state index is -0.0501. The van der Waals surface area contributed by atoms with Gasteiger partial charge in [-0.25, -0.2) is 0 Å². The number of benzene rings is 1. The molecule has 92 valence electrons. The molecule has 0 aliphatic carbocycles. The summed E-state index contributed by atoms with van der Waals surface area (Å²) in [4.78, 5) is 13.8. The lowest BCUT2D eigenvalue weighted by Gasteiger charge is -2.20. The third-order valence-electron chi connectivity index (χ3n) is 2.35. The van der Waals surface area contributed by atoms with Gasteiger partial charge in [0.1, 0.15) is 5.75 Å². The predicted octanol–water partition coefficient (Wildman–Crippen LogP) is 1.07. The van der Waals surface area contributed by atoms with Gasteiger partial charge in [0, 0.05) is 6.54 Å². The van der Waals surface area contributed by atoms with E-state index in [1.165, 1.54) is 0 Å². The predicted molar refractivity (Wildman–Crippen MR) is 70.9 cm³/mol. The lowest BCUT2D eigenvalue weighted by atomic mass is 10.1. The van der Waals surface area contributed by atoms with Crippen molar-refractivity contribution in [3.05, 3.63) is 29.8 Å². The van der Waals surface area contributed by atoms with Gasteiger partial charge >= 0.3 is 0 Å². The van der Waals surface area contributed by atoms with Crippen LogP contribution in [0.15, 0.2) is 24.3 Å². The summed E-state index contributed by atoms with van der Waals surface area (Å²) in [5.74, 6) is 0.110. The van der Waals surface area contributed by atoms with E-state index in [4.69, 9.17) is 18.0 Å².